The number of hydrogen-bond acceptors (Lipinski definition) is 4. The first-order chi connectivity index (χ1) is 9.40. The Bertz CT molecular complexity index is 566. The molecule has 2 rings (SSSR count). The van der Waals surface area contributed by atoms with Gasteiger partial charge in [-0.3, -0.25) is 0 Å². The standard InChI is InChI=1S/C16H18O4/c1-9(13-7-11(17)3-5-15(13)19)10(2)14-8-12(18)4-6-16(14)20/h3-10,17-20H,1-2H3/t9-,10+. The van der Waals surface area contributed by atoms with E-state index in [4.69, 9.17) is 0 Å². The van der Waals surface area contributed by atoms with Gasteiger partial charge in [0.1, 0.15) is 23.0 Å². The Hall–Kier alpha value is -2.36. The monoisotopic (exact) mass is 274 g/mol. The zero-order valence-corrected chi connectivity index (χ0v) is 11.4. The van der Waals surface area contributed by atoms with Crippen LogP contribution in [-0.4, -0.2) is 20.4 Å². The van der Waals surface area contributed by atoms with Crippen LogP contribution in [-0.2, 0) is 0 Å². The highest BCUT2D eigenvalue weighted by molar-refractivity contribution is 5.46. The quantitative estimate of drug-likeness (QED) is 0.646. The highest BCUT2D eigenvalue weighted by Crippen LogP contribution is 2.41. The molecule has 0 aromatic heterocycles. The van der Waals surface area contributed by atoms with Crippen molar-refractivity contribution in [2.24, 2.45) is 0 Å². The molecular weight excluding hydrogens is 256 g/mol. The molecule has 0 bridgehead atoms. The molecule has 4 N–H and O–H groups in total. The van der Waals surface area contributed by atoms with E-state index < -0.39 is 0 Å². The average Bonchev–Trinajstić information content (AvgIpc) is 2.42. The molecule has 0 aliphatic rings. The fourth-order valence-corrected chi connectivity index (χ4v) is 2.35. The number of phenolic OH excluding ortho intramolecular Hbond substituents is 4. The van der Waals surface area contributed by atoms with E-state index >= 15 is 0 Å². The SMILES string of the molecule is C[C@H](c1cc(O)ccc1O)[C@@H](C)c1cc(O)ccc1O. The molecule has 2 aromatic carbocycles. The fraction of sp³-hybridized carbons (Fsp3) is 0.250. The normalized spacial score (nSPS) is 13.9. The summed E-state index contributed by atoms with van der Waals surface area (Å²) in [4.78, 5) is 0. The van der Waals surface area contributed by atoms with E-state index in [9.17, 15) is 20.4 Å². The van der Waals surface area contributed by atoms with Crippen molar-refractivity contribution >= 4 is 0 Å². The first-order valence-corrected chi connectivity index (χ1v) is 6.44. The predicted molar refractivity (Wildman–Crippen MR) is 76.4 cm³/mol. The van der Waals surface area contributed by atoms with E-state index in [0.29, 0.717) is 11.1 Å². The van der Waals surface area contributed by atoms with Crippen LogP contribution in [0.3, 0.4) is 0 Å². The summed E-state index contributed by atoms with van der Waals surface area (Å²) in [6, 6.07) is 8.74. The van der Waals surface area contributed by atoms with Crippen LogP contribution >= 0.6 is 0 Å². The lowest BCUT2D eigenvalue weighted by atomic mass is 9.83. The number of rotatable bonds is 3. The molecule has 0 amide bonds. The Labute approximate surface area is 117 Å². The van der Waals surface area contributed by atoms with Crippen LogP contribution in [0.5, 0.6) is 23.0 Å². The maximum Gasteiger partial charge on any atom is 0.119 e. The van der Waals surface area contributed by atoms with Gasteiger partial charge in [0.25, 0.3) is 0 Å². The van der Waals surface area contributed by atoms with E-state index in [2.05, 4.69) is 0 Å². The lowest BCUT2D eigenvalue weighted by molar-refractivity contribution is 0.433. The summed E-state index contributed by atoms with van der Waals surface area (Å²) < 4.78 is 0. The first kappa shape index (κ1) is 14.1. The summed E-state index contributed by atoms with van der Waals surface area (Å²) >= 11 is 0. The maximum absolute atomic E-state index is 9.90. The minimum Gasteiger partial charge on any atom is -0.508 e. The fourth-order valence-electron chi connectivity index (χ4n) is 2.35. The summed E-state index contributed by atoms with van der Waals surface area (Å²) in [6.45, 7) is 3.78. The molecule has 0 heterocycles. The van der Waals surface area contributed by atoms with Gasteiger partial charge in [-0.05, 0) is 48.2 Å². The molecule has 20 heavy (non-hydrogen) atoms. The van der Waals surface area contributed by atoms with Crippen molar-refractivity contribution in [2.75, 3.05) is 0 Å². The molecule has 4 nitrogen and oxygen atoms in total. The van der Waals surface area contributed by atoms with Gasteiger partial charge in [-0.1, -0.05) is 13.8 Å². The van der Waals surface area contributed by atoms with Crippen LogP contribution in [0.15, 0.2) is 36.4 Å². The molecule has 0 aliphatic carbocycles. The lowest BCUT2D eigenvalue weighted by Gasteiger charge is -2.22. The second kappa shape index (κ2) is 5.33. The van der Waals surface area contributed by atoms with Gasteiger partial charge in [-0.2, -0.15) is 0 Å². The molecule has 0 spiro atoms. The molecule has 2 aromatic rings. The van der Waals surface area contributed by atoms with E-state index in [0.717, 1.165) is 0 Å². The van der Waals surface area contributed by atoms with Crippen molar-refractivity contribution in [2.45, 2.75) is 25.7 Å². The topological polar surface area (TPSA) is 80.9 Å². The van der Waals surface area contributed by atoms with Crippen molar-refractivity contribution in [3.05, 3.63) is 47.5 Å². The zero-order chi connectivity index (χ0) is 14.9. The zero-order valence-electron chi connectivity index (χ0n) is 11.4. The van der Waals surface area contributed by atoms with Gasteiger partial charge >= 0.3 is 0 Å². The molecule has 0 saturated heterocycles. The Morgan fingerprint density at radius 2 is 1.00 bits per heavy atom. The first-order valence-electron chi connectivity index (χ1n) is 6.44. The van der Waals surface area contributed by atoms with E-state index in [1.54, 1.807) is 0 Å². The summed E-state index contributed by atoms with van der Waals surface area (Å²) in [7, 11) is 0. The molecule has 2 atom stereocenters. The van der Waals surface area contributed by atoms with Crippen LogP contribution in [0.4, 0.5) is 0 Å². The minimum atomic E-state index is -0.144. The molecule has 4 heteroatoms. The number of benzene rings is 2. The van der Waals surface area contributed by atoms with Crippen LogP contribution in [0.2, 0.25) is 0 Å². The minimum absolute atomic E-state index is 0.0805. The van der Waals surface area contributed by atoms with E-state index in [1.165, 1.54) is 36.4 Å². The highest BCUT2D eigenvalue weighted by atomic mass is 16.3. The number of hydrogen-bond donors (Lipinski definition) is 4. The molecule has 106 valence electrons. The summed E-state index contributed by atoms with van der Waals surface area (Å²) in [5.74, 6) is 0.0714. The second-order valence-corrected chi connectivity index (χ2v) is 5.06. The van der Waals surface area contributed by atoms with E-state index in [1.807, 2.05) is 13.8 Å². The Kier molecular flexibility index (Phi) is 3.74. The third-order valence-corrected chi connectivity index (χ3v) is 3.75. The van der Waals surface area contributed by atoms with Crippen molar-refractivity contribution in [3.8, 4) is 23.0 Å². The van der Waals surface area contributed by atoms with Crippen molar-refractivity contribution in [3.63, 3.8) is 0 Å². The molecule has 0 aliphatic heterocycles. The molecule has 0 unspecified atom stereocenters. The largest absolute Gasteiger partial charge is 0.508 e. The smallest absolute Gasteiger partial charge is 0.119 e. The lowest BCUT2D eigenvalue weighted by Crippen LogP contribution is -2.05. The Morgan fingerprint density at radius 1 is 0.650 bits per heavy atom. The van der Waals surface area contributed by atoms with Crippen molar-refractivity contribution in [1.29, 1.82) is 0 Å². The van der Waals surface area contributed by atoms with Gasteiger partial charge in [0.05, 0.1) is 0 Å². The third kappa shape index (κ3) is 2.64. The maximum atomic E-state index is 9.90. The van der Waals surface area contributed by atoms with Gasteiger partial charge in [-0.15, -0.1) is 0 Å². The Morgan fingerprint density at radius 3 is 1.35 bits per heavy atom. The molecule has 0 saturated carbocycles. The summed E-state index contributed by atoms with van der Waals surface area (Å²) in [5.41, 5.74) is 1.19. The third-order valence-electron chi connectivity index (χ3n) is 3.75. The summed E-state index contributed by atoms with van der Waals surface area (Å²) in [6.07, 6.45) is 0. The van der Waals surface area contributed by atoms with Crippen LogP contribution < -0.4 is 0 Å². The molecular formula is C16H18O4. The Balaban J connectivity index is 2.39. The van der Waals surface area contributed by atoms with Gasteiger partial charge < -0.3 is 20.4 Å². The average molecular weight is 274 g/mol. The summed E-state index contributed by atoms with van der Waals surface area (Å²) in [5, 5.41) is 38.9. The van der Waals surface area contributed by atoms with Crippen LogP contribution in [0.1, 0.15) is 36.8 Å². The van der Waals surface area contributed by atoms with Gasteiger partial charge in [0.15, 0.2) is 0 Å². The number of aromatic hydroxyl groups is 4. The number of phenols is 4. The van der Waals surface area contributed by atoms with Gasteiger partial charge in [0, 0.05) is 11.1 Å². The second-order valence-electron chi connectivity index (χ2n) is 5.06. The predicted octanol–water partition coefficient (Wildman–Crippen LogP) is 3.42. The van der Waals surface area contributed by atoms with Gasteiger partial charge in [-0.25, -0.2) is 0 Å². The van der Waals surface area contributed by atoms with Crippen LogP contribution in [0, 0.1) is 0 Å². The van der Waals surface area contributed by atoms with E-state index in [-0.39, 0.29) is 34.8 Å². The van der Waals surface area contributed by atoms with Crippen LogP contribution in [0.25, 0.3) is 0 Å². The van der Waals surface area contributed by atoms with Crippen molar-refractivity contribution in [1.82, 2.24) is 0 Å². The van der Waals surface area contributed by atoms with Gasteiger partial charge in [0.2, 0.25) is 0 Å². The highest BCUT2D eigenvalue weighted by Gasteiger charge is 2.22. The van der Waals surface area contributed by atoms with Crippen molar-refractivity contribution < 1.29 is 20.4 Å². The molecule has 0 radical (unpaired) electrons. The molecule has 0 fully saturated rings.